The number of carbonyl (C=O) groups is 1. The van der Waals surface area contributed by atoms with Crippen LogP contribution in [0.5, 0.6) is 5.75 Å². The second kappa shape index (κ2) is 4.40. The lowest BCUT2D eigenvalue weighted by atomic mass is 9.97. The van der Waals surface area contributed by atoms with Gasteiger partial charge >= 0.3 is 0 Å². The summed E-state index contributed by atoms with van der Waals surface area (Å²) in [4.78, 5) is 14.0. The minimum absolute atomic E-state index is 0.0116. The van der Waals surface area contributed by atoms with Crippen molar-refractivity contribution in [3.05, 3.63) is 23.8 Å². The topological polar surface area (TPSA) is 29.5 Å². The normalized spacial score (nSPS) is 18.4. The highest BCUT2D eigenvalue weighted by atomic mass is 16.5. The van der Waals surface area contributed by atoms with E-state index in [2.05, 4.69) is 24.8 Å². The maximum Gasteiger partial charge on any atom is 0.139 e. The highest BCUT2D eigenvalue weighted by Crippen LogP contribution is 2.39. The summed E-state index contributed by atoms with van der Waals surface area (Å²) in [5, 5.41) is 0. The van der Waals surface area contributed by atoms with Crippen LogP contribution in [0.25, 0.3) is 0 Å². The Bertz CT molecular complexity index is 440. The fraction of sp³-hybridized carbons (Fsp3) is 0.500. The molecule has 0 aromatic heterocycles. The zero-order valence-electron chi connectivity index (χ0n) is 10.9. The number of ether oxygens (including phenoxy) is 1. The van der Waals surface area contributed by atoms with Crippen molar-refractivity contribution in [2.45, 2.75) is 32.7 Å². The van der Waals surface area contributed by atoms with E-state index in [0.717, 1.165) is 17.9 Å². The van der Waals surface area contributed by atoms with Gasteiger partial charge in [0.1, 0.15) is 11.5 Å². The monoisotopic (exact) mass is 233 g/mol. The van der Waals surface area contributed by atoms with E-state index >= 15 is 0 Å². The second-order valence-electron chi connectivity index (χ2n) is 4.83. The number of ketones is 1. The van der Waals surface area contributed by atoms with Gasteiger partial charge in [-0.25, -0.2) is 0 Å². The number of carbonyl (C=O) groups excluding carboxylic acids is 1. The highest BCUT2D eigenvalue weighted by Gasteiger charge is 2.32. The van der Waals surface area contributed by atoms with Gasteiger partial charge < -0.3 is 9.64 Å². The van der Waals surface area contributed by atoms with Crippen molar-refractivity contribution in [2.24, 2.45) is 0 Å². The number of nitrogens with zero attached hydrogens (tertiary/aromatic N) is 1. The number of fused-ring (bicyclic) bond motifs is 1. The Balaban J connectivity index is 2.47. The highest BCUT2D eigenvalue weighted by molar-refractivity contribution is 5.88. The number of benzene rings is 1. The molecule has 0 N–H and O–H groups in total. The largest absolute Gasteiger partial charge is 0.497 e. The lowest BCUT2D eigenvalue weighted by Gasteiger charge is -2.24. The summed E-state index contributed by atoms with van der Waals surface area (Å²) in [6.07, 6.45) is 0. The minimum atomic E-state index is -0.0116. The Labute approximate surface area is 102 Å². The predicted octanol–water partition coefficient (Wildman–Crippen LogP) is 2.60. The van der Waals surface area contributed by atoms with Gasteiger partial charge in [0.2, 0.25) is 0 Å². The van der Waals surface area contributed by atoms with E-state index in [-0.39, 0.29) is 11.7 Å². The van der Waals surface area contributed by atoms with Crippen molar-refractivity contribution in [1.82, 2.24) is 0 Å². The molecule has 0 fully saturated rings. The maximum atomic E-state index is 11.7. The number of hydrogen-bond acceptors (Lipinski definition) is 3. The van der Waals surface area contributed by atoms with Gasteiger partial charge in [-0.3, -0.25) is 4.79 Å². The second-order valence-corrected chi connectivity index (χ2v) is 4.83. The minimum Gasteiger partial charge on any atom is -0.497 e. The van der Waals surface area contributed by atoms with Crippen LogP contribution in [0.3, 0.4) is 0 Å². The molecule has 3 heteroatoms. The maximum absolute atomic E-state index is 11.7. The summed E-state index contributed by atoms with van der Waals surface area (Å²) in [5.41, 5.74) is 2.27. The molecule has 1 aromatic rings. The molecule has 1 atom stereocenters. The molecule has 92 valence electrons. The molecule has 1 unspecified atom stereocenters. The van der Waals surface area contributed by atoms with Gasteiger partial charge in [-0.2, -0.15) is 0 Å². The summed E-state index contributed by atoms with van der Waals surface area (Å²) < 4.78 is 5.23. The van der Waals surface area contributed by atoms with Crippen LogP contribution in [0, 0.1) is 0 Å². The van der Waals surface area contributed by atoms with Crippen LogP contribution >= 0.6 is 0 Å². The molecule has 0 amide bonds. The van der Waals surface area contributed by atoms with Gasteiger partial charge in [-0.05, 0) is 44.5 Å². The fourth-order valence-corrected chi connectivity index (χ4v) is 2.43. The summed E-state index contributed by atoms with van der Waals surface area (Å²) in [6, 6.07) is 6.41. The Morgan fingerprint density at radius 1 is 1.47 bits per heavy atom. The van der Waals surface area contributed by atoms with Crippen LogP contribution in [0.4, 0.5) is 5.69 Å². The molecule has 1 aromatic carbocycles. The fourth-order valence-electron chi connectivity index (χ4n) is 2.43. The van der Waals surface area contributed by atoms with Crippen LogP contribution in [0.1, 0.15) is 32.3 Å². The van der Waals surface area contributed by atoms with Crippen LogP contribution in [-0.2, 0) is 4.79 Å². The Kier molecular flexibility index (Phi) is 3.09. The molecule has 3 nitrogen and oxygen atoms in total. The SMILES string of the molecule is COc1ccc2c(c1)C(C(C)=O)CN2C(C)C. The zero-order chi connectivity index (χ0) is 12.6. The molecule has 1 aliphatic rings. The first kappa shape index (κ1) is 12.0. The van der Waals surface area contributed by atoms with Crippen molar-refractivity contribution in [1.29, 1.82) is 0 Å². The predicted molar refractivity (Wildman–Crippen MR) is 68.9 cm³/mol. The number of methoxy groups -OCH3 is 1. The van der Waals surface area contributed by atoms with Gasteiger partial charge in [-0.1, -0.05) is 0 Å². The standard InChI is InChI=1S/C14H19NO2/c1-9(2)15-8-13(10(3)16)12-7-11(17-4)5-6-14(12)15/h5-7,9,13H,8H2,1-4H3. The summed E-state index contributed by atoms with van der Waals surface area (Å²) in [5.74, 6) is 1.03. The molecule has 0 bridgehead atoms. The van der Waals surface area contributed by atoms with Gasteiger partial charge in [0, 0.05) is 18.3 Å². The summed E-state index contributed by atoms with van der Waals surface area (Å²) in [6.45, 7) is 6.75. The van der Waals surface area contributed by atoms with E-state index in [1.54, 1.807) is 14.0 Å². The third-order valence-corrected chi connectivity index (χ3v) is 3.41. The third-order valence-electron chi connectivity index (χ3n) is 3.41. The van der Waals surface area contributed by atoms with E-state index < -0.39 is 0 Å². The molecule has 0 saturated carbocycles. The Morgan fingerprint density at radius 2 is 2.18 bits per heavy atom. The molecule has 1 heterocycles. The average molecular weight is 233 g/mol. The molecule has 0 aliphatic carbocycles. The lowest BCUT2D eigenvalue weighted by Crippen LogP contribution is -2.30. The number of anilines is 1. The number of rotatable bonds is 3. The van der Waals surface area contributed by atoms with Crippen molar-refractivity contribution in [2.75, 3.05) is 18.6 Å². The molecule has 0 saturated heterocycles. The van der Waals surface area contributed by atoms with Crippen molar-refractivity contribution < 1.29 is 9.53 Å². The first-order valence-electron chi connectivity index (χ1n) is 5.99. The Hall–Kier alpha value is -1.51. The van der Waals surface area contributed by atoms with Gasteiger partial charge in [0.15, 0.2) is 0 Å². The molecule has 1 aliphatic heterocycles. The molecular formula is C14H19NO2. The smallest absolute Gasteiger partial charge is 0.139 e. The molecule has 2 rings (SSSR count). The first-order valence-corrected chi connectivity index (χ1v) is 5.99. The van der Waals surface area contributed by atoms with Crippen molar-refractivity contribution in [3.63, 3.8) is 0 Å². The first-order chi connectivity index (χ1) is 8.04. The zero-order valence-corrected chi connectivity index (χ0v) is 10.9. The van der Waals surface area contributed by atoms with Crippen LogP contribution < -0.4 is 9.64 Å². The summed E-state index contributed by atoms with van der Waals surface area (Å²) >= 11 is 0. The molecule has 0 radical (unpaired) electrons. The molecular weight excluding hydrogens is 214 g/mol. The van der Waals surface area contributed by atoms with E-state index in [1.807, 2.05) is 12.1 Å². The van der Waals surface area contributed by atoms with Crippen molar-refractivity contribution in [3.8, 4) is 5.75 Å². The van der Waals surface area contributed by atoms with Gasteiger partial charge in [0.25, 0.3) is 0 Å². The number of Topliss-reactive ketones (excluding diaryl/α,β-unsaturated/α-hetero) is 1. The number of hydrogen-bond donors (Lipinski definition) is 0. The van der Waals surface area contributed by atoms with Gasteiger partial charge in [-0.15, -0.1) is 0 Å². The van der Waals surface area contributed by atoms with E-state index in [9.17, 15) is 4.79 Å². The van der Waals surface area contributed by atoms with Crippen LogP contribution in [0.2, 0.25) is 0 Å². The van der Waals surface area contributed by atoms with E-state index in [4.69, 9.17) is 4.74 Å². The van der Waals surface area contributed by atoms with Crippen LogP contribution in [0.15, 0.2) is 18.2 Å². The average Bonchev–Trinajstić information content (AvgIpc) is 2.67. The van der Waals surface area contributed by atoms with Crippen molar-refractivity contribution >= 4 is 11.5 Å². The third kappa shape index (κ3) is 2.02. The summed E-state index contributed by atoms with van der Waals surface area (Å²) in [7, 11) is 1.65. The van der Waals surface area contributed by atoms with E-state index in [0.29, 0.717) is 6.04 Å². The lowest BCUT2D eigenvalue weighted by molar-refractivity contribution is -0.118. The van der Waals surface area contributed by atoms with Crippen LogP contribution in [-0.4, -0.2) is 25.5 Å². The van der Waals surface area contributed by atoms with Gasteiger partial charge in [0.05, 0.1) is 13.0 Å². The Morgan fingerprint density at radius 3 is 2.71 bits per heavy atom. The molecule has 17 heavy (non-hydrogen) atoms. The quantitative estimate of drug-likeness (QED) is 0.803. The molecule has 0 spiro atoms. The van der Waals surface area contributed by atoms with E-state index in [1.165, 1.54) is 5.69 Å².